The predicted molar refractivity (Wildman–Crippen MR) is 80.9 cm³/mol. The molecule has 2 aliphatic heterocycles. The molecule has 2 unspecified atom stereocenters. The van der Waals surface area contributed by atoms with Crippen LogP contribution in [0.15, 0.2) is 11.0 Å². The van der Waals surface area contributed by atoms with Crippen LogP contribution in [0, 0.1) is 0 Å². The van der Waals surface area contributed by atoms with Crippen molar-refractivity contribution in [3.8, 4) is 0 Å². The number of hydrogen-bond donors (Lipinski definition) is 1. The van der Waals surface area contributed by atoms with Crippen LogP contribution in [0.1, 0.15) is 27.7 Å². The van der Waals surface area contributed by atoms with Gasteiger partial charge in [-0.05, 0) is 38.7 Å². The lowest BCUT2D eigenvalue weighted by Gasteiger charge is -2.51. The van der Waals surface area contributed by atoms with Gasteiger partial charge in [-0.15, -0.1) is 11.8 Å². The highest BCUT2D eigenvalue weighted by atomic mass is 32.2. The van der Waals surface area contributed by atoms with Gasteiger partial charge in [0.1, 0.15) is 17.0 Å². The molecule has 2 aliphatic rings. The highest BCUT2D eigenvalue weighted by Gasteiger charge is 2.55. The summed E-state index contributed by atoms with van der Waals surface area (Å²) < 4.78 is 9.90. The normalized spacial score (nSPS) is 27.3. The predicted octanol–water partition coefficient (Wildman–Crippen LogP) is 1.24. The summed E-state index contributed by atoms with van der Waals surface area (Å²) in [4.78, 5) is 37.4. The molecule has 3 atom stereocenters. The second kappa shape index (κ2) is 5.83. The average molecular weight is 328 g/mol. The second-order valence-electron chi connectivity index (χ2n) is 6.18. The maximum atomic E-state index is 12.3. The van der Waals surface area contributed by atoms with Gasteiger partial charge in [0.15, 0.2) is 6.04 Å². The summed E-state index contributed by atoms with van der Waals surface area (Å²) in [5.74, 6) is -0.797. The summed E-state index contributed by atoms with van der Waals surface area (Å²) in [6.07, 6.45) is -0.646. The van der Waals surface area contributed by atoms with Crippen molar-refractivity contribution in [2.24, 2.45) is 0 Å². The molecule has 2 heterocycles. The molecule has 0 spiro atoms. The summed E-state index contributed by atoms with van der Waals surface area (Å²) >= 11 is 1.39. The van der Waals surface area contributed by atoms with Crippen LogP contribution < -0.4 is 5.32 Å². The Morgan fingerprint density at radius 3 is 2.55 bits per heavy atom. The summed E-state index contributed by atoms with van der Waals surface area (Å²) in [6.45, 7) is 7.01. The molecule has 0 aromatic carbocycles. The van der Waals surface area contributed by atoms with Gasteiger partial charge in [0.25, 0.3) is 0 Å². The van der Waals surface area contributed by atoms with Crippen molar-refractivity contribution < 1.29 is 23.9 Å². The number of nitrogens with one attached hydrogen (secondary N) is 1. The molecule has 7 nitrogen and oxygen atoms in total. The van der Waals surface area contributed by atoms with E-state index in [4.69, 9.17) is 9.47 Å². The van der Waals surface area contributed by atoms with Gasteiger partial charge in [-0.25, -0.2) is 9.59 Å². The van der Waals surface area contributed by atoms with Crippen molar-refractivity contribution >= 4 is 29.7 Å². The topological polar surface area (TPSA) is 84.9 Å². The molecule has 122 valence electrons. The van der Waals surface area contributed by atoms with Crippen molar-refractivity contribution in [2.75, 3.05) is 7.11 Å². The first-order valence-corrected chi connectivity index (χ1v) is 7.81. The van der Waals surface area contributed by atoms with Gasteiger partial charge in [-0.3, -0.25) is 4.79 Å². The Bertz CT molecular complexity index is 540. The SMILES string of the molecule is COC(=O)C1C(C)=CS[C@@H]2C(NC(=O)OC(C)(C)C)C(=O)N12. The van der Waals surface area contributed by atoms with Crippen molar-refractivity contribution in [2.45, 2.75) is 50.8 Å². The van der Waals surface area contributed by atoms with E-state index < -0.39 is 29.7 Å². The van der Waals surface area contributed by atoms with E-state index in [-0.39, 0.29) is 11.3 Å². The lowest BCUT2D eigenvalue weighted by Crippen LogP contribution is -2.73. The molecule has 8 heteroatoms. The third-order valence-electron chi connectivity index (χ3n) is 3.28. The number of carbonyl (C=O) groups excluding carboxylic acids is 3. The number of nitrogens with zero attached hydrogens (tertiary/aromatic N) is 1. The zero-order valence-corrected chi connectivity index (χ0v) is 14.0. The Kier molecular flexibility index (Phi) is 4.42. The van der Waals surface area contributed by atoms with Gasteiger partial charge in [0.2, 0.25) is 5.91 Å². The minimum Gasteiger partial charge on any atom is -0.467 e. The van der Waals surface area contributed by atoms with Gasteiger partial charge in [-0.2, -0.15) is 0 Å². The Morgan fingerprint density at radius 1 is 1.36 bits per heavy atom. The minimum atomic E-state index is -0.722. The van der Waals surface area contributed by atoms with Crippen molar-refractivity contribution in [1.82, 2.24) is 10.2 Å². The first-order valence-electron chi connectivity index (χ1n) is 6.87. The van der Waals surface area contributed by atoms with Gasteiger partial charge in [0.05, 0.1) is 7.11 Å². The monoisotopic (exact) mass is 328 g/mol. The largest absolute Gasteiger partial charge is 0.467 e. The molecule has 0 aromatic rings. The van der Waals surface area contributed by atoms with E-state index in [1.54, 1.807) is 27.7 Å². The molecule has 0 bridgehead atoms. The molecule has 1 saturated heterocycles. The van der Waals surface area contributed by atoms with Crippen molar-refractivity contribution in [3.05, 3.63) is 11.0 Å². The second-order valence-corrected chi connectivity index (χ2v) is 7.17. The first-order chi connectivity index (χ1) is 10.2. The molecular formula is C14H20N2O5S. The van der Waals surface area contributed by atoms with Crippen molar-refractivity contribution in [3.63, 3.8) is 0 Å². The molecule has 1 fully saturated rings. The quantitative estimate of drug-likeness (QED) is 0.606. The number of thioether (sulfide) groups is 1. The smallest absolute Gasteiger partial charge is 0.408 e. The third-order valence-corrected chi connectivity index (χ3v) is 4.57. The molecule has 0 saturated carbocycles. The number of methoxy groups -OCH3 is 1. The van der Waals surface area contributed by atoms with E-state index in [9.17, 15) is 14.4 Å². The number of esters is 1. The zero-order valence-electron chi connectivity index (χ0n) is 13.2. The molecule has 0 radical (unpaired) electrons. The number of carbonyl (C=O) groups is 3. The fourth-order valence-corrected chi connectivity index (χ4v) is 3.53. The highest BCUT2D eigenvalue weighted by Crippen LogP contribution is 2.40. The molecule has 0 aromatic heterocycles. The zero-order chi connectivity index (χ0) is 16.7. The summed E-state index contributed by atoms with van der Waals surface area (Å²) in [5, 5.41) is 4.05. The Hall–Kier alpha value is -1.70. The summed E-state index contributed by atoms with van der Waals surface area (Å²) in [5.41, 5.74) is 0.110. The van der Waals surface area contributed by atoms with Crippen LogP contribution in [-0.2, 0) is 19.1 Å². The van der Waals surface area contributed by atoms with Crippen LogP contribution in [0.4, 0.5) is 4.79 Å². The van der Waals surface area contributed by atoms with Gasteiger partial charge >= 0.3 is 12.1 Å². The summed E-state index contributed by atoms with van der Waals surface area (Å²) in [7, 11) is 1.28. The number of hydrogen-bond acceptors (Lipinski definition) is 6. The number of β-lactam (4-membered cyclic amide) rings is 1. The van der Waals surface area contributed by atoms with Crippen LogP contribution in [-0.4, -0.2) is 53.0 Å². The molecule has 22 heavy (non-hydrogen) atoms. The Balaban J connectivity index is 2.07. The van der Waals surface area contributed by atoms with Gasteiger partial charge < -0.3 is 19.7 Å². The van der Waals surface area contributed by atoms with Crippen LogP contribution in [0.3, 0.4) is 0 Å². The van der Waals surface area contributed by atoms with Crippen molar-refractivity contribution in [1.29, 1.82) is 0 Å². The van der Waals surface area contributed by atoms with Crippen LogP contribution >= 0.6 is 11.8 Å². The minimum absolute atomic E-state index is 0.314. The number of ether oxygens (including phenoxy) is 2. The number of alkyl carbamates (subject to hydrolysis) is 1. The Morgan fingerprint density at radius 2 is 2.00 bits per heavy atom. The first kappa shape index (κ1) is 16.7. The number of amides is 2. The van der Waals surface area contributed by atoms with Gasteiger partial charge in [-0.1, -0.05) is 0 Å². The van der Waals surface area contributed by atoms with E-state index in [1.165, 1.54) is 23.8 Å². The highest BCUT2D eigenvalue weighted by molar-refractivity contribution is 8.02. The van der Waals surface area contributed by atoms with E-state index >= 15 is 0 Å². The number of rotatable bonds is 2. The fourth-order valence-electron chi connectivity index (χ4n) is 2.34. The van der Waals surface area contributed by atoms with Crippen LogP contribution in [0.2, 0.25) is 0 Å². The molecular weight excluding hydrogens is 308 g/mol. The van der Waals surface area contributed by atoms with E-state index in [0.29, 0.717) is 0 Å². The maximum absolute atomic E-state index is 12.3. The Labute approximate surface area is 133 Å². The molecule has 2 rings (SSSR count). The lowest BCUT2D eigenvalue weighted by atomic mass is 9.99. The number of fused-ring (bicyclic) bond motifs is 1. The lowest BCUT2D eigenvalue weighted by molar-refractivity contribution is -0.160. The molecule has 0 aliphatic carbocycles. The van der Waals surface area contributed by atoms with E-state index in [1.807, 2.05) is 5.41 Å². The molecule has 1 N–H and O–H groups in total. The van der Waals surface area contributed by atoms with Gasteiger partial charge in [0, 0.05) is 0 Å². The summed E-state index contributed by atoms with van der Waals surface area (Å²) in [6, 6.07) is -1.42. The fraction of sp³-hybridized carbons (Fsp3) is 0.643. The van der Waals surface area contributed by atoms with Crippen LogP contribution in [0.25, 0.3) is 0 Å². The van der Waals surface area contributed by atoms with E-state index in [0.717, 1.165) is 5.57 Å². The third kappa shape index (κ3) is 3.06. The van der Waals surface area contributed by atoms with Crippen LogP contribution in [0.5, 0.6) is 0 Å². The van der Waals surface area contributed by atoms with E-state index in [2.05, 4.69) is 5.32 Å². The molecule has 2 amide bonds. The standard InChI is InChI=1S/C14H20N2O5S/c1-7-6-22-11-8(15-13(19)21-14(2,3)4)10(17)16(11)9(7)12(18)20-5/h6,8-9,11H,1-5H3,(H,15,19)/t8?,9?,11-/m1/s1. The average Bonchev–Trinajstić information content (AvgIpc) is 2.41. The maximum Gasteiger partial charge on any atom is 0.408 e.